The molecule has 0 unspecified atom stereocenters. The van der Waals surface area contributed by atoms with Crippen LogP contribution in [0.4, 0.5) is 0 Å². The summed E-state index contributed by atoms with van der Waals surface area (Å²) in [6.07, 6.45) is 3.99. The number of nitrogens with zero attached hydrogens (tertiary/aromatic N) is 2. The molecule has 2 nitrogen and oxygen atoms in total. The van der Waals surface area contributed by atoms with Crippen molar-refractivity contribution in [3.05, 3.63) is 91.3 Å². The lowest BCUT2D eigenvalue weighted by molar-refractivity contribution is 1.22. The van der Waals surface area contributed by atoms with Gasteiger partial charge in [-0.15, -0.1) is 0 Å². The van der Waals surface area contributed by atoms with Crippen LogP contribution >= 0.6 is 6.04 Å². The highest BCUT2D eigenvalue weighted by atomic mass is 32.4. The lowest BCUT2D eigenvalue weighted by Crippen LogP contribution is -2.27. The maximum Gasteiger partial charge on any atom is 0.137 e. The molecule has 0 spiro atoms. The zero-order chi connectivity index (χ0) is 17.7. The normalized spacial score (nSPS) is 11.0. The fourth-order valence-electron chi connectivity index (χ4n) is 2.84. The van der Waals surface area contributed by atoms with E-state index < -0.39 is 6.04 Å². The van der Waals surface area contributed by atoms with Crippen molar-refractivity contribution in [2.75, 3.05) is 0 Å². The lowest BCUT2D eigenvalue weighted by atomic mass is 10.4. The first kappa shape index (κ1) is 17.6. The fourth-order valence-corrected chi connectivity index (χ4v) is 6.68. The van der Waals surface area contributed by atoms with E-state index in [0.29, 0.717) is 0 Å². The number of imidazole rings is 1. The van der Waals surface area contributed by atoms with E-state index in [0.717, 1.165) is 11.1 Å². The predicted molar refractivity (Wildman–Crippen MR) is 113 cm³/mol. The molecule has 4 heteroatoms. The standard InChI is InChI=1S/C19H15N2PS.C2H6/c23-22(16-9-3-1-4-10-16,17-11-5-2-6-12-17)19-15-20-18-13-7-8-14-21(18)19;1-2/h1-15H;1-2H3. The van der Waals surface area contributed by atoms with Crippen LogP contribution in [0, 0.1) is 0 Å². The van der Waals surface area contributed by atoms with Crippen molar-refractivity contribution >= 4 is 39.5 Å². The van der Waals surface area contributed by atoms with Crippen LogP contribution in [0.2, 0.25) is 0 Å². The molecule has 0 aliphatic heterocycles. The van der Waals surface area contributed by atoms with Crippen molar-refractivity contribution in [2.45, 2.75) is 13.8 Å². The van der Waals surface area contributed by atoms with Crippen molar-refractivity contribution in [1.82, 2.24) is 9.38 Å². The predicted octanol–water partition coefficient (Wildman–Crippen LogP) is 4.12. The first-order valence-corrected chi connectivity index (χ1v) is 11.2. The van der Waals surface area contributed by atoms with Gasteiger partial charge in [0.15, 0.2) is 0 Å². The summed E-state index contributed by atoms with van der Waals surface area (Å²) in [7, 11) is 0. The Balaban J connectivity index is 0.000000880. The van der Waals surface area contributed by atoms with Gasteiger partial charge in [0.1, 0.15) is 5.65 Å². The summed E-state index contributed by atoms with van der Waals surface area (Å²) in [6.45, 7) is 4.00. The molecule has 0 atom stereocenters. The average Bonchev–Trinajstić information content (AvgIpc) is 3.15. The number of hydrogen-bond donors (Lipinski definition) is 0. The van der Waals surface area contributed by atoms with E-state index in [9.17, 15) is 0 Å². The van der Waals surface area contributed by atoms with Crippen LogP contribution < -0.4 is 16.0 Å². The maximum atomic E-state index is 6.33. The molecule has 0 amide bonds. The zero-order valence-electron chi connectivity index (χ0n) is 14.4. The van der Waals surface area contributed by atoms with E-state index in [4.69, 9.17) is 11.8 Å². The van der Waals surface area contributed by atoms with Crippen LogP contribution in [-0.4, -0.2) is 9.38 Å². The first-order chi connectivity index (χ1) is 12.3. The molecule has 0 radical (unpaired) electrons. The lowest BCUT2D eigenvalue weighted by Gasteiger charge is -2.23. The first-order valence-electron chi connectivity index (χ1n) is 8.44. The van der Waals surface area contributed by atoms with Crippen molar-refractivity contribution in [1.29, 1.82) is 0 Å². The smallest absolute Gasteiger partial charge is 0.137 e. The molecule has 4 aromatic rings. The van der Waals surface area contributed by atoms with E-state index in [2.05, 4.69) is 57.9 Å². The zero-order valence-corrected chi connectivity index (χ0v) is 16.1. The van der Waals surface area contributed by atoms with Gasteiger partial charge in [0, 0.05) is 6.20 Å². The molecular formula is C21H21N2PS. The highest BCUT2D eigenvalue weighted by molar-refractivity contribution is 8.25. The highest BCUT2D eigenvalue weighted by Crippen LogP contribution is 2.42. The van der Waals surface area contributed by atoms with Crippen LogP contribution in [0.5, 0.6) is 0 Å². The second kappa shape index (κ2) is 7.77. The molecule has 0 bridgehead atoms. The number of aromatic nitrogens is 2. The number of benzene rings is 2. The van der Waals surface area contributed by atoms with Crippen LogP contribution in [0.15, 0.2) is 91.3 Å². The van der Waals surface area contributed by atoms with Crippen molar-refractivity contribution in [3.63, 3.8) is 0 Å². The molecule has 126 valence electrons. The third-order valence-corrected chi connectivity index (χ3v) is 8.81. The third kappa shape index (κ3) is 3.18. The van der Waals surface area contributed by atoms with E-state index in [1.807, 2.05) is 56.6 Å². The van der Waals surface area contributed by atoms with Gasteiger partial charge in [0.05, 0.1) is 17.7 Å². The Morgan fingerprint density at radius 1 is 0.760 bits per heavy atom. The third-order valence-electron chi connectivity index (χ3n) is 3.96. The number of rotatable bonds is 3. The van der Waals surface area contributed by atoms with E-state index in [-0.39, 0.29) is 0 Å². The summed E-state index contributed by atoms with van der Waals surface area (Å²) in [4.78, 5) is 4.56. The van der Waals surface area contributed by atoms with Crippen molar-refractivity contribution in [2.24, 2.45) is 0 Å². The van der Waals surface area contributed by atoms with Crippen molar-refractivity contribution < 1.29 is 0 Å². The molecule has 0 saturated carbocycles. The van der Waals surface area contributed by atoms with Crippen LogP contribution in [0.1, 0.15) is 13.8 Å². The molecule has 0 saturated heterocycles. The van der Waals surface area contributed by atoms with Gasteiger partial charge in [-0.2, -0.15) is 0 Å². The monoisotopic (exact) mass is 364 g/mol. The molecular weight excluding hydrogens is 343 g/mol. The Hall–Kier alpha value is -2.22. The SMILES string of the molecule is CC.S=P(c1ccccc1)(c1ccccc1)c1cnc2ccccn12. The molecule has 2 aromatic heterocycles. The van der Waals surface area contributed by atoms with E-state index in [1.54, 1.807) is 0 Å². The van der Waals surface area contributed by atoms with Gasteiger partial charge in [0.2, 0.25) is 0 Å². The van der Waals surface area contributed by atoms with Gasteiger partial charge in [0.25, 0.3) is 0 Å². The number of fused-ring (bicyclic) bond motifs is 1. The Morgan fingerprint density at radius 3 is 1.84 bits per heavy atom. The Labute approximate surface area is 154 Å². The average molecular weight is 364 g/mol. The summed E-state index contributed by atoms with van der Waals surface area (Å²) in [5.74, 6) is 0. The van der Waals surface area contributed by atoms with Gasteiger partial charge in [-0.25, -0.2) is 4.98 Å². The summed E-state index contributed by atoms with van der Waals surface area (Å²) in [5, 5.41) is 2.37. The Kier molecular flexibility index (Phi) is 5.47. The topological polar surface area (TPSA) is 17.3 Å². The molecule has 0 N–H and O–H groups in total. The van der Waals surface area contributed by atoms with Crippen LogP contribution in [-0.2, 0) is 11.8 Å². The minimum absolute atomic E-state index is 0.934. The van der Waals surface area contributed by atoms with E-state index >= 15 is 0 Å². The summed E-state index contributed by atoms with van der Waals surface area (Å²) in [6, 6.07) is 24.7. The second-order valence-electron chi connectivity index (χ2n) is 5.33. The van der Waals surface area contributed by atoms with Crippen LogP contribution in [0.25, 0.3) is 5.65 Å². The molecule has 4 rings (SSSR count). The summed E-state index contributed by atoms with van der Waals surface area (Å²) in [5.41, 5.74) is 2.03. The van der Waals surface area contributed by atoms with Gasteiger partial charge in [-0.1, -0.05) is 92.4 Å². The minimum Gasteiger partial charge on any atom is -0.299 e. The highest BCUT2D eigenvalue weighted by Gasteiger charge is 2.27. The van der Waals surface area contributed by atoms with Gasteiger partial charge < -0.3 is 0 Å². The number of pyridine rings is 1. The Bertz CT molecular complexity index is 951. The minimum atomic E-state index is -2.14. The fraction of sp³-hybridized carbons (Fsp3) is 0.0952. The Morgan fingerprint density at radius 2 is 1.28 bits per heavy atom. The van der Waals surface area contributed by atoms with Crippen LogP contribution in [0.3, 0.4) is 0 Å². The number of hydrogen-bond acceptors (Lipinski definition) is 2. The summed E-state index contributed by atoms with van der Waals surface area (Å²) >= 11 is 6.33. The second-order valence-corrected chi connectivity index (χ2v) is 9.68. The maximum absolute atomic E-state index is 6.33. The van der Waals surface area contributed by atoms with Gasteiger partial charge in [-0.3, -0.25) is 4.40 Å². The molecule has 0 aliphatic carbocycles. The molecule has 25 heavy (non-hydrogen) atoms. The summed E-state index contributed by atoms with van der Waals surface area (Å²) < 4.78 is 2.13. The molecule has 2 heterocycles. The quantitative estimate of drug-likeness (QED) is 0.509. The molecule has 2 aromatic carbocycles. The van der Waals surface area contributed by atoms with Crippen molar-refractivity contribution in [3.8, 4) is 0 Å². The van der Waals surface area contributed by atoms with E-state index in [1.165, 1.54) is 10.6 Å². The van der Waals surface area contributed by atoms with Gasteiger partial charge in [-0.05, 0) is 22.7 Å². The molecule has 0 fully saturated rings. The largest absolute Gasteiger partial charge is 0.299 e. The van der Waals surface area contributed by atoms with Gasteiger partial charge >= 0.3 is 0 Å². The molecule has 0 aliphatic rings.